The smallest absolute Gasteiger partial charge is 0.309 e. The van der Waals surface area contributed by atoms with Crippen LogP contribution in [0.5, 0.6) is 11.5 Å². The molecule has 0 aliphatic carbocycles. The van der Waals surface area contributed by atoms with E-state index in [4.69, 9.17) is 18.7 Å². The van der Waals surface area contributed by atoms with Gasteiger partial charge < -0.3 is 23.6 Å². The second-order valence-electron chi connectivity index (χ2n) is 6.53. The minimum absolute atomic E-state index is 0.0127. The molecule has 3 rings (SSSR count). The largest absolute Gasteiger partial charge is 0.493 e. The third kappa shape index (κ3) is 4.57. The van der Waals surface area contributed by atoms with Crippen molar-refractivity contribution in [2.24, 2.45) is 5.92 Å². The van der Waals surface area contributed by atoms with Gasteiger partial charge in [-0.2, -0.15) is 4.98 Å². The van der Waals surface area contributed by atoms with Gasteiger partial charge in [-0.05, 0) is 25.1 Å². The van der Waals surface area contributed by atoms with Crippen LogP contribution in [-0.2, 0) is 16.1 Å². The molecule has 8 heteroatoms. The van der Waals surface area contributed by atoms with E-state index in [2.05, 4.69) is 10.1 Å². The molecule has 1 aromatic carbocycles. The number of quaternary nitrogens is 1. The molecule has 1 saturated heterocycles. The molecular weight excluding hydrogens is 350 g/mol. The van der Waals surface area contributed by atoms with Crippen LogP contribution < -0.4 is 14.4 Å². The molecule has 8 nitrogen and oxygen atoms in total. The first-order valence-corrected chi connectivity index (χ1v) is 9.19. The zero-order valence-corrected chi connectivity index (χ0v) is 16.0. The van der Waals surface area contributed by atoms with Crippen molar-refractivity contribution in [2.45, 2.75) is 26.3 Å². The molecule has 0 unspecified atom stereocenters. The lowest BCUT2D eigenvalue weighted by molar-refractivity contribution is -0.920. The molecule has 2 heterocycles. The summed E-state index contributed by atoms with van der Waals surface area (Å²) in [7, 11) is 3.18. The number of benzene rings is 1. The van der Waals surface area contributed by atoms with Gasteiger partial charge in [0.2, 0.25) is 5.82 Å². The van der Waals surface area contributed by atoms with Crippen LogP contribution in [-0.4, -0.2) is 50.0 Å². The van der Waals surface area contributed by atoms with E-state index in [1.54, 1.807) is 14.2 Å². The number of rotatable bonds is 7. The first-order valence-electron chi connectivity index (χ1n) is 9.19. The molecule has 0 saturated carbocycles. The second-order valence-corrected chi connectivity index (χ2v) is 6.53. The van der Waals surface area contributed by atoms with Crippen LogP contribution in [0.15, 0.2) is 22.7 Å². The predicted molar refractivity (Wildman–Crippen MR) is 96.6 cm³/mol. The maximum atomic E-state index is 11.8. The molecule has 1 aromatic heterocycles. The van der Waals surface area contributed by atoms with Gasteiger partial charge in [-0.25, -0.2) is 0 Å². The lowest BCUT2D eigenvalue weighted by Gasteiger charge is -2.26. The molecule has 1 aliphatic rings. The Hall–Kier alpha value is -2.61. The fraction of sp³-hybridized carbons (Fsp3) is 0.526. The van der Waals surface area contributed by atoms with Crippen molar-refractivity contribution in [1.82, 2.24) is 10.1 Å². The highest BCUT2D eigenvalue weighted by atomic mass is 16.5. The van der Waals surface area contributed by atoms with Crippen molar-refractivity contribution in [3.05, 3.63) is 24.1 Å². The van der Waals surface area contributed by atoms with Crippen LogP contribution in [0.4, 0.5) is 0 Å². The number of aromatic nitrogens is 2. The maximum Gasteiger partial charge on any atom is 0.309 e. The van der Waals surface area contributed by atoms with Gasteiger partial charge >= 0.3 is 5.97 Å². The summed E-state index contributed by atoms with van der Waals surface area (Å²) < 4.78 is 21.1. The Morgan fingerprint density at radius 1 is 1.22 bits per heavy atom. The zero-order chi connectivity index (χ0) is 19.2. The van der Waals surface area contributed by atoms with Gasteiger partial charge in [-0.3, -0.25) is 4.79 Å². The van der Waals surface area contributed by atoms with Crippen molar-refractivity contribution >= 4 is 5.97 Å². The fourth-order valence-corrected chi connectivity index (χ4v) is 3.33. The number of hydrogen-bond acceptors (Lipinski definition) is 7. The monoisotopic (exact) mass is 376 g/mol. The first kappa shape index (κ1) is 19.2. The maximum absolute atomic E-state index is 11.8. The number of methoxy groups -OCH3 is 2. The molecule has 1 aliphatic heterocycles. The van der Waals surface area contributed by atoms with Crippen LogP contribution in [0.2, 0.25) is 0 Å². The number of nitrogens with zero attached hydrogens (tertiary/aromatic N) is 2. The van der Waals surface area contributed by atoms with Gasteiger partial charge in [0.25, 0.3) is 5.89 Å². The van der Waals surface area contributed by atoms with Crippen molar-refractivity contribution in [3.63, 3.8) is 0 Å². The Balaban J connectivity index is 1.60. The Morgan fingerprint density at radius 3 is 2.63 bits per heavy atom. The molecule has 1 N–H and O–H groups in total. The molecule has 1 fully saturated rings. The van der Waals surface area contributed by atoms with Crippen LogP contribution in [0.3, 0.4) is 0 Å². The normalized spacial score (nSPS) is 19.5. The molecule has 0 spiro atoms. The summed E-state index contributed by atoms with van der Waals surface area (Å²) in [5.74, 6) is 2.31. The first-order chi connectivity index (χ1) is 13.1. The van der Waals surface area contributed by atoms with Crippen LogP contribution >= 0.6 is 0 Å². The summed E-state index contributed by atoms with van der Waals surface area (Å²) in [6.07, 6.45) is 1.65. The quantitative estimate of drug-likeness (QED) is 0.724. The summed E-state index contributed by atoms with van der Waals surface area (Å²) in [6.45, 7) is 4.70. The number of ether oxygens (including phenoxy) is 3. The topological polar surface area (TPSA) is 88.1 Å². The fourth-order valence-electron chi connectivity index (χ4n) is 3.33. The van der Waals surface area contributed by atoms with E-state index in [9.17, 15) is 4.79 Å². The molecule has 2 aromatic rings. The Kier molecular flexibility index (Phi) is 6.28. The summed E-state index contributed by atoms with van der Waals surface area (Å²) in [5, 5.41) is 4.08. The van der Waals surface area contributed by atoms with Gasteiger partial charge in [0, 0.05) is 18.4 Å². The summed E-state index contributed by atoms with van der Waals surface area (Å²) >= 11 is 0. The number of esters is 1. The Morgan fingerprint density at radius 2 is 1.96 bits per heavy atom. The average Bonchev–Trinajstić information content (AvgIpc) is 3.16. The highest BCUT2D eigenvalue weighted by Gasteiger charge is 2.29. The van der Waals surface area contributed by atoms with E-state index in [0.29, 0.717) is 36.4 Å². The molecule has 0 amide bonds. The standard InChI is InChI=1S/C19H25N3O5/c1-4-26-19(23)13-7-9-22(10-8-13)12-17-20-18(21-27-17)14-5-6-15(24-2)16(11-14)25-3/h5-6,11,13H,4,7-10,12H2,1-3H3/p+1. The number of nitrogens with one attached hydrogen (secondary N) is 1. The molecule has 0 bridgehead atoms. The van der Waals surface area contributed by atoms with Gasteiger partial charge in [0.1, 0.15) is 0 Å². The number of carbonyl (C=O) groups is 1. The van der Waals surface area contributed by atoms with E-state index in [1.165, 1.54) is 4.90 Å². The molecule has 27 heavy (non-hydrogen) atoms. The lowest BCUT2D eigenvalue weighted by atomic mass is 9.97. The molecule has 146 valence electrons. The van der Waals surface area contributed by atoms with Gasteiger partial charge in [0.15, 0.2) is 18.0 Å². The van der Waals surface area contributed by atoms with Crippen molar-refractivity contribution in [1.29, 1.82) is 0 Å². The van der Waals surface area contributed by atoms with Crippen molar-refractivity contribution < 1.29 is 28.4 Å². The number of piperidine rings is 1. The highest BCUT2D eigenvalue weighted by Crippen LogP contribution is 2.31. The third-order valence-electron chi connectivity index (χ3n) is 4.82. The number of carbonyl (C=O) groups excluding carboxylic acids is 1. The lowest BCUT2D eigenvalue weighted by Crippen LogP contribution is -3.11. The predicted octanol–water partition coefficient (Wildman–Crippen LogP) is 1.11. The Bertz CT molecular complexity index is 768. The number of likely N-dealkylation sites (tertiary alicyclic amines) is 1. The van der Waals surface area contributed by atoms with E-state index in [-0.39, 0.29) is 11.9 Å². The molecule has 0 radical (unpaired) electrons. The van der Waals surface area contributed by atoms with Gasteiger partial charge in [0.05, 0.1) is 39.8 Å². The van der Waals surface area contributed by atoms with Crippen molar-refractivity contribution in [2.75, 3.05) is 33.9 Å². The van der Waals surface area contributed by atoms with Crippen LogP contribution in [0.25, 0.3) is 11.4 Å². The summed E-state index contributed by atoms with van der Waals surface area (Å²) in [6, 6.07) is 5.51. The average molecular weight is 376 g/mol. The van der Waals surface area contributed by atoms with E-state index in [0.717, 1.165) is 31.5 Å². The van der Waals surface area contributed by atoms with Crippen molar-refractivity contribution in [3.8, 4) is 22.9 Å². The van der Waals surface area contributed by atoms with Crippen LogP contribution in [0.1, 0.15) is 25.7 Å². The van der Waals surface area contributed by atoms with Gasteiger partial charge in [-0.1, -0.05) is 5.16 Å². The summed E-state index contributed by atoms with van der Waals surface area (Å²) in [4.78, 5) is 17.7. The molecule has 0 atom stereocenters. The van der Waals surface area contributed by atoms with Gasteiger partial charge in [-0.15, -0.1) is 0 Å². The number of hydrogen-bond donors (Lipinski definition) is 1. The third-order valence-corrected chi connectivity index (χ3v) is 4.82. The van der Waals surface area contributed by atoms with E-state index < -0.39 is 0 Å². The SMILES string of the molecule is CCOC(=O)C1CC[NH+](Cc2nc(-c3ccc(OC)c(OC)c3)no2)CC1. The second kappa shape index (κ2) is 8.85. The minimum atomic E-state index is -0.0786. The van der Waals surface area contributed by atoms with E-state index in [1.807, 2.05) is 25.1 Å². The Labute approximate surface area is 158 Å². The zero-order valence-electron chi connectivity index (χ0n) is 16.0. The highest BCUT2D eigenvalue weighted by molar-refractivity contribution is 5.72. The molecular formula is C19H26N3O5+. The van der Waals surface area contributed by atoms with Crippen LogP contribution in [0, 0.1) is 5.92 Å². The minimum Gasteiger partial charge on any atom is -0.493 e. The summed E-state index contributed by atoms with van der Waals surface area (Å²) in [5.41, 5.74) is 0.804. The van der Waals surface area contributed by atoms with E-state index >= 15 is 0 Å².